The van der Waals surface area contributed by atoms with Crippen LogP contribution in [0.1, 0.15) is 181 Å². The second-order valence-electron chi connectivity index (χ2n) is 17.8. The normalized spacial score (nSPS) is 13.8. The molecule has 1 N–H and O–H groups in total. The molecule has 0 aromatic rings. The van der Waals surface area contributed by atoms with Gasteiger partial charge >= 0.3 is 5.97 Å². The second kappa shape index (κ2) is 36.1. The molecule has 0 heterocycles. The maximum atomic E-state index is 11.9. The van der Waals surface area contributed by atoms with Crippen LogP contribution in [0.5, 0.6) is 0 Å². The number of carbonyl (C=O) groups excluding carboxylic acids is 3. The predicted molar refractivity (Wildman–Crippen MR) is 225 cm³/mol. The number of carbonyl (C=O) groups is 3. The fourth-order valence-corrected chi connectivity index (χ4v) is 6.66. The number of hydrogen-bond acceptors (Lipinski definition) is 7. The van der Waals surface area contributed by atoms with Crippen molar-refractivity contribution in [3.8, 4) is 0 Å². The lowest BCUT2D eigenvalue weighted by molar-refractivity contribution is -0.874. The quantitative estimate of drug-likeness (QED) is 0.0224. The number of esters is 1. The minimum Gasteiger partial charge on any atom is -0.550 e. The number of likely N-dealkylation sites (N-methyl/N-ethyl adjacent to an activating group) is 2. The SMILES string of the molecule is CCCCCC/C=C\CCCCCCCCC(C(=O)[O-])C(O)C[N+](C)(C)C.CCCCCCCCCCCCCC=CC(=O)OC(CC(=O)[O-])C[N+](C)(C)C. The van der Waals surface area contributed by atoms with Crippen molar-refractivity contribution < 1.29 is 43.4 Å². The average Bonchev–Trinajstić information content (AvgIpc) is 3.06. The third kappa shape index (κ3) is 42.7. The Labute approximate surface area is 339 Å². The van der Waals surface area contributed by atoms with Crippen LogP contribution < -0.4 is 10.2 Å². The smallest absolute Gasteiger partial charge is 0.330 e. The molecule has 0 saturated carbocycles. The third-order valence-corrected chi connectivity index (χ3v) is 9.69. The Bertz CT molecular complexity index is 984. The van der Waals surface area contributed by atoms with Gasteiger partial charge in [0.15, 0.2) is 6.10 Å². The predicted octanol–water partition coefficient (Wildman–Crippen LogP) is 8.07. The van der Waals surface area contributed by atoms with Crippen LogP contribution >= 0.6 is 0 Å². The van der Waals surface area contributed by atoms with Crippen LogP contribution in [0.4, 0.5) is 0 Å². The van der Waals surface area contributed by atoms with Crippen LogP contribution in [0.2, 0.25) is 0 Å². The molecule has 3 unspecified atom stereocenters. The fourth-order valence-electron chi connectivity index (χ4n) is 6.66. The van der Waals surface area contributed by atoms with Crippen LogP contribution in [-0.4, -0.2) is 99.6 Å². The van der Waals surface area contributed by atoms with Gasteiger partial charge in [-0.1, -0.05) is 148 Å². The number of carboxylic acids is 2. The van der Waals surface area contributed by atoms with Crippen LogP contribution in [0.3, 0.4) is 0 Å². The molecule has 0 fully saturated rings. The van der Waals surface area contributed by atoms with Crippen molar-refractivity contribution in [3.63, 3.8) is 0 Å². The maximum Gasteiger partial charge on any atom is 0.330 e. The van der Waals surface area contributed by atoms with Crippen molar-refractivity contribution in [2.45, 2.75) is 193 Å². The number of unbranched alkanes of at least 4 members (excludes halogenated alkanes) is 21. The van der Waals surface area contributed by atoms with E-state index in [0.29, 0.717) is 28.5 Å². The highest BCUT2D eigenvalue weighted by Crippen LogP contribution is 2.18. The van der Waals surface area contributed by atoms with E-state index >= 15 is 0 Å². The number of allylic oxidation sites excluding steroid dienone is 3. The van der Waals surface area contributed by atoms with Gasteiger partial charge in [-0.25, -0.2) is 4.79 Å². The molecular weight excluding hydrogens is 693 g/mol. The zero-order chi connectivity index (χ0) is 41.8. The maximum absolute atomic E-state index is 11.9. The lowest BCUT2D eigenvalue weighted by Gasteiger charge is -2.31. The molecule has 324 valence electrons. The highest BCUT2D eigenvalue weighted by molar-refractivity contribution is 5.82. The molecule has 0 aliphatic carbocycles. The molecule has 0 aromatic carbocycles. The average molecular weight is 781 g/mol. The summed E-state index contributed by atoms with van der Waals surface area (Å²) < 4.78 is 6.36. The molecule has 0 rings (SSSR count). The number of aliphatic hydroxyl groups excluding tert-OH is 1. The second-order valence-corrected chi connectivity index (χ2v) is 17.8. The number of nitrogens with zero attached hydrogens (tertiary/aromatic N) is 2. The molecule has 55 heavy (non-hydrogen) atoms. The van der Waals surface area contributed by atoms with E-state index < -0.39 is 36.0 Å². The first-order valence-electron chi connectivity index (χ1n) is 22.2. The summed E-state index contributed by atoms with van der Waals surface area (Å²) in [7, 11) is 11.7. The molecule has 3 atom stereocenters. The summed E-state index contributed by atoms with van der Waals surface area (Å²) in [6.07, 6.45) is 36.3. The molecule has 0 spiro atoms. The summed E-state index contributed by atoms with van der Waals surface area (Å²) in [6.45, 7) is 5.36. The zero-order valence-electron chi connectivity index (χ0n) is 37.1. The summed E-state index contributed by atoms with van der Waals surface area (Å²) in [5, 5.41) is 32.3. The molecule has 9 nitrogen and oxygen atoms in total. The van der Waals surface area contributed by atoms with Gasteiger partial charge in [-0.05, 0) is 44.9 Å². The van der Waals surface area contributed by atoms with Crippen molar-refractivity contribution in [2.75, 3.05) is 55.4 Å². The summed E-state index contributed by atoms with van der Waals surface area (Å²) in [5.41, 5.74) is 0. The molecule has 9 heteroatoms. The van der Waals surface area contributed by atoms with Crippen LogP contribution in [-0.2, 0) is 19.1 Å². The van der Waals surface area contributed by atoms with E-state index in [9.17, 15) is 29.7 Å². The Morgan fingerprint density at radius 2 is 0.945 bits per heavy atom. The van der Waals surface area contributed by atoms with Gasteiger partial charge in [-0.15, -0.1) is 0 Å². The highest BCUT2D eigenvalue weighted by Gasteiger charge is 2.25. The van der Waals surface area contributed by atoms with E-state index in [2.05, 4.69) is 26.0 Å². The molecule has 0 radical (unpaired) electrons. The monoisotopic (exact) mass is 781 g/mol. The van der Waals surface area contributed by atoms with Gasteiger partial charge in [-0.3, -0.25) is 0 Å². The highest BCUT2D eigenvalue weighted by atomic mass is 16.5. The zero-order valence-corrected chi connectivity index (χ0v) is 37.1. The number of aliphatic hydroxyl groups is 1. The van der Waals surface area contributed by atoms with Gasteiger partial charge in [0, 0.05) is 30.4 Å². The Balaban J connectivity index is 0. The summed E-state index contributed by atoms with van der Waals surface area (Å²) in [5.74, 6) is -3.53. The van der Waals surface area contributed by atoms with Crippen LogP contribution in [0, 0.1) is 5.92 Å². The molecule has 0 aromatic heterocycles. The van der Waals surface area contributed by atoms with Crippen molar-refractivity contribution in [3.05, 3.63) is 24.3 Å². The minimum absolute atomic E-state index is 0.270. The first-order chi connectivity index (χ1) is 26.0. The van der Waals surface area contributed by atoms with Crippen molar-refractivity contribution in [1.82, 2.24) is 0 Å². The van der Waals surface area contributed by atoms with Crippen molar-refractivity contribution >= 4 is 17.9 Å². The summed E-state index contributed by atoms with van der Waals surface area (Å²) >= 11 is 0. The lowest BCUT2D eigenvalue weighted by atomic mass is 9.94. The van der Waals surface area contributed by atoms with E-state index in [1.807, 2.05) is 48.4 Å². The molecule has 0 aliphatic heterocycles. The largest absolute Gasteiger partial charge is 0.550 e. The number of rotatable bonds is 36. The lowest BCUT2D eigenvalue weighted by Crippen LogP contribution is -2.48. The van der Waals surface area contributed by atoms with Gasteiger partial charge < -0.3 is 38.6 Å². The Kier molecular flexibility index (Phi) is 36.0. The van der Waals surface area contributed by atoms with Gasteiger partial charge in [-0.2, -0.15) is 0 Å². The summed E-state index contributed by atoms with van der Waals surface area (Å²) in [6, 6.07) is 0. The van der Waals surface area contributed by atoms with Gasteiger partial charge in [0.25, 0.3) is 0 Å². The fraction of sp³-hybridized carbons (Fsp3) is 0.848. The topological polar surface area (TPSA) is 127 Å². The third-order valence-electron chi connectivity index (χ3n) is 9.69. The van der Waals surface area contributed by atoms with Crippen LogP contribution in [0.15, 0.2) is 24.3 Å². The number of quaternary nitrogens is 2. The number of aliphatic carboxylic acids is 2. The number of carboxylic acid groups (broad SMARTS) is 2. The Hall–Kier alpha value is -2.23. The first kappa shape index (κ1) is 54.9. The Morgan fingerprint density at radius 3 is 1.35 bits per heavy atom. The van der Waals surface area contributed by atoms with Gasteiger partial charge in [0.05, 0.1) is 42.3 Å². The number of hydrogen-bond donors (Lipinski definition) is 1. The van der Waals surface area contributed by atoms with Crippen molar-refractivity contribution in [2.24, 2.45) is 5.92 Å². The van der Waals surface area contributed by atoms with Gasteiger partial charge in [0.2, 0.25) is 0 Å². The first-order valence-corrected chi connectivity index (χ1v) is 22.2. The summed E-state index contributed by atoms with van der Waals surface area (Å²) in [4.78, 5) is 34.0. The van der Waals surface area contributed by atoms with E-state index in [-0.39, 0.29) is 6.42 Å². The molecule has 0 amide bonds. The van der Waals surface area contributed by atoms with E-state index in [1.165, 1.54) is 128 Å². The Morgan fingerprint density at radius 1 is 0.564 bits per heavy atom. The molecular formula is C46H88N2O7. The van der Waals surface area contributed by atoms with E-state index in [0.717, 1.165) is 32.1 Å². The number of ether oxygens (including phenoxy) is 1. The molecule has 0 bridgehead atoms. The molecule has 0 aliphatic rings. The van der Waals surface area contributed by atoms with E-state index in [1.54, 1.807) is 0 Å². The standard InChI is InChI=1S/C23H43NO4.C23H45NO3/c1-5-6-7-8-9-10-11-12-13-14-15-16-17-18-23(27)28-21(19-22(25)26)20-24(2,3)4;1-5-6-7-8-9-10-11-12-13-14-15-16-17-18-19-21(23(26)27)22(25)20-24(2,3)4/h17-18,21H,5-16,19-20H2,1-4H3;10-11,21-22,25H,5-9,12-20H2,1-4H3/b;11-10-. The van der Waals surface area contributed by atoms with Gasteiger partial charge in [0.1, 0.15) is 19.2 Å². The minimum atomic E-state index is -1.20. The van der Waals surface area contributed by atoms with E-state index in [4.69, 9.17) is 4.74 Å². The van der Waals surface area contributed by atoms with Crippen molar-refractivity contribution in [1.29, 1.82) is 0 Å². The molecule has 0 saturated heterocycles. The van der Waals surface area contributed by atoms with Crippen LogP contribution in [0.25, 0.3) is 0 Å².